The Labute approximate surface area is 55.6 Å². The van der Waals surface area contributed by atoms with E-state index in [2.05, 4.69) is 5.32 Å². The third-order valence-electron chi connectivity index (χ3n) is 2.20. The normalized spacial score (nSPS) is 42.7. The molecule has 52 valence electrons. The van der Waals surface area contributed by atoms with Gasteiger partial charge in [0.1, 0.15) is 0 Å². The van der Waals surface area contributed by atoms with E-state index in [1.54, 1.807) is 0 Å². The van der Waals surface area contributed by atoms with Gasteiger partial charge in [0.05, 0.1) is 6.61 Å². The molecule has 2 atom stereocenters. The van der Waals surface area contributed by atoms with Crippen LogP contribution in [-0.4, -0.2) is 25.3 Å². The van der Waals surface area contributed by atoms with E-state index in [1.165, 1.54) is 19.3 Å². The molecule has 1 N–H and O–H groups in total. The highest BCUT2D eigenvalue weighted by atomic mass is 16.5. The standard InChI is InChI=1S/C7H13NO/c1-2-6-4-7(8-6)5-9-3-1/h6-8H,1-5H2. The first-order valence-corrected chi connectivity index (χ1v) is 3.79. The molecule has 0 amide bonds. The van der Waals surface area contributed by atoms with E-state index in [-0.39, 0.29) is 0 Å². The summed E-state index contributed by atoms with van der Waals surface area (Å²) in [7, 11) is 0. The van der Waals surface area contributed by atoms with Gasteiger partial charge in [-0.2, -0.15) is 0 Å². The van der Waals surface area contributed by atoms with Crippen molar-refractivity contribution in [2.45, 2.75) is 31.3 Å². The first-order valence-electron chi connectivity index (χ1n) is 3.79. The maximum atomic E-state index is 5.36. The minimum Gasteiger partial charge on any atom is -0.380 e. The Morgan fingerprint density at radius 2 is 2.22 bits per heavy atom. The van der Waals surface area contributed by atoms with Crippen molar-refractivity contribution in [3.05, 3.63) is 0 Å². The van der Waals surface area contributed by atoms with Crippen LogP contribution in [0.3, 0.4) is 0 Å². The lowest BCUT2D eigenvalue weighted by Crippen LogP contribution is -2.55. The Hall–Kier alpha value is -0.0800. The van der Waals surface area contributed by atoms with Crippen molar-refractivity contribution in [3.8, 4) is 0 Å². The van der Waals surface area contributed by atoms with Crippen LogP contribution in [-0.2, 0) is 4.74 Å². The smallest absolute Gasteiger partial charge is 0.0620 e. The van der Waals surface area contributed by atoms with Gasteiger partial charge in [0.2, 0.25) is 0 Å². The second-order valence-corrected chi connectivity index (χ2v) is 3.01. The molecule has 3 fully saturated rings. The van der Waals surface area contributed by atoms with Crippen LogP contribution in [0.4, 0.5) is 0 Å². The maximum Gasteiger partial charge on any atom is 0.0620 e. The minimum atomic E-state index is 0.690. The average Bonchev–Trinajstić information content (AvgIpc) is 1.54. The van der Waals surface area contributed by atoms with Crippen molar-refractivity contribution < 1.29 is 4.74 Å². The number of rotatable bonds is 0. The molecule has 3 rings (SSSR count). The average molecular weight is 127 g/mol. The van der Waals surface area contributed by atoms with E-state index >= 15 is 0 Å². The van der Waals surface area contributed by atoms with Gasteiger partial charge >= 0.3 is 0 Å². The minimum absolute atomic E-state index is 0.690. The van der Waals surface area contributed by atoms with Crippen molar-refractivity contribution in [1.29, 1.82) is 0 Å². The molecule has 0 radical (unpaired) electrons. The van der Waals surface area contributed by atoms with Crippen LogP contribution in [0.15, 0.2) is 0 Å². The lowest BCUT2D eigenvalue weighted by atomic mass is 9.93. The highest BCUT2D eigenvalue weighted by molar-refractivity contribution is 4.89. The van der Waals surface area contributed by atoms with Gasteiger partial charge in [-0.15, -0.1) is 0 Å². The molecule has 3 saturated heterocycles. The third-order valence-corrected chi connectivity index (χ3v) is 2.20. The number of hydrogen-bond acceptors (Lipinski definition) is 2. The zero-order chi connectivity index (χ0) is 6.10. The van der Waals surface area contributed by atoms with E-state index in [0.29, 0.717) is 6.04 Å². The summed E-state index contributed by atoms with van der Waals surface area (Å²) in [6.07, 6.45) is 3.90. The second-order valence-electron chi connectivity index (χ2n) is 3.01. The summed E-state index contributed by atoms with van der Waals surface area (Å²) >= 11 is 0. The molecular formula is C7H13NO. The van der Waals surface area contributed by atoms with Gasteiger partial charge in [0, 0.05) is 18.7 Å². The highest BCUT2D eigenvalue weighted by Gasteiger charge is 2.28. The fraction of sp³-hybridized carbons (Fsp3) is 1.00. The van der Waals surface area contributed by atoms with Crippen molar-refractivity contribution in [3.63, 3.8) is 0 Å². The Balaban J connectivity index is 1.85. The van der Waals surface area contributed by atoms with E-state index in [0.717, 1.165) is 19.3 Å². The van der Waals surface area contributed by atoms with Crippen LogP contribution in [0.25, 0.3) is 0 Å². The molecule has 3 heterocycles. The van der Waals surface area contributed by atoms with Crippen LogP contribution in [0, 0.1) is 0 Å². The fourth-order valence-electron chi connectivity index (χ4n) is 1.63. The van der Waals surface area contributed by atoms with Crippen molar-refractivity contribution in [1.82, 2.24) is 5.32 Å². The van der Waals surface area contributed by atoms with Gasteiger partial charge in [0.15, 0.2) is 0 Å². The number of fused-ring (bicyclic) bond motifs is 4. The summed E-state index contributed by atoms with van der Waals surface area (Å²) in [6.45, 7) is 1.92. The molecule has 0 aromatic heterocycles. The Morgan fingerprint density at radius 1 is 1.33 bits per heavy atom. The predicted molar refractivity (Wildman–Crippen MR) is 35.4 cm³/mol. The third kappa shape index (κ3) is 1.10. The van der Waals surface area contributed by atoms with Crippen molar-refractivity contribution in [2.75, 3.05) is 13.2 Å². The summed E-state index contributed by atoms with van der Waals surface area (Å²) in [4.78, 5) is 0. The molecule has 0 saturated carbocycles. The second kappa shape index (κ2) is 2.27. The van der Waals surface area contributed by atoms with Crippen molar-refractivity contribution >= 4 is 0 Å². The molecule has 2 bridgehead atoms. The SMILES string of the molecule is C1COCC2CC(C1)N2. The van der Waals surface area contributed by atoms with Crippen LogP contribution < -0.4 is 5.32 Å². The molecule has 2 heteroatoms. The topological polar surface area (TPSA) is 21.3 Å². The summed E-state index contributed by atoms with van der Waals surface area (Å²) in [5.41, 5.74) is 0. The Bertz CT molecular complexity index is 83.6. The molecule has 0 aliphatic carbocycles. The van der Waals surface area contributed by atoms with Crippen molar-refractivity contribution in [2.24, 2.45) is 0 Å². The Kier molecular flexibility index (Phi) is 1.44. The summed E-state index contributed by atoms with van der Waals surface area (Å²) in [6, 6.07) is 1.52. The van der Waals surface area contributed by atoms with Crippen LogP contribution in [0.1, 0.15) is 19.3 Å². The molecule has 9 heavy (non-hydrogen) atoms. The van der Waals surface area contributed by atoms with Gasteiger partial charge < -0.3 is 10.1 Å². The first-order chi connectivity index (χ1) is 4.45. The zero-order valence-electron chi connectivity index (χ0n) is 5.60. The fourth-order valence-corrected chi connectivity index (χ4v) is 1.63. The largest absolute Gasteiger partial charge is 0.380 e. The number of nitrogens with one attached hydrogen (secondary N) is 1. The van der Waals surface area contributed by atoms with Gasteiger partial charge in [-0.3, -0.25) is 0 Å². The molecule has 0 aromatic rings. The lowest BCUT2D eigenvalue weighted by Gasteiger charge is -2.39. The van der Waals surface area contributed by atoms with Gasteiger partial charge in [-0.1, -0.05) is 0 Å². The molecule has 0 aromatic carbocycles. The molecule has 3 aliphatic heterocycles. The van der Waals surface area contributed by atoms with Gasteiger partial charge in [-0.05, 0) is 19.3 Å². The van der Waals surface area contributed by atoms with E-state index in [4.69, 9.17) is 4.74 Å². The molecule has 2 unspecified atom stereocenters. The van der Waals surface area contributed by atoms with Gasteiger partial charge in [-0.25, -0.2) is 0 Å². The predicted octanol–water partition coefficient (Wildman–Crippen LogP) is 0.527. The molecule has 0 spiro atoms. The number of ether oxygens (including phenoxy) is 1. The quantitative estimate of drug-likeness (QED) is 0.512. The zero-order valence-corrected chi connectivity index (χ0v) is 5.60. The highest BCUT2D eigenvalue weighted by Crippen LogP contribution is 2.19. The molecule has 3 aliphatic rings. The maximum absolute atomic E-state index is 5.36. The summed E-state index contributed by atoms with van der Waals surface area (Å²) < 4.78 is 5.36. The summed E-state index contributed by atoms with van der Waals surface area (Å²) in [5.74, 6) is 0. The first kappa shape index (κ1) is 5.69. The van der Waals surface area contributed by atoms with Crippen LogP contribution >= 0.6 is 0 Å². The van der Waals surface area contributed by atoms with Gasteiger partial charge in [0.25, 0.3) is 0 Å². The molecule has 2 nitrogen and oxygen atoms in total. The summed E-state index contributed by atoms with van der Waals surface area (Å²) in [5, 5.41) is 3.46. The van der Waals surface area contributed by atoms with E-state index in [9.17, 15) is 0 Å². The monoisotopic (exact) mass is 127 g/mol. The van der Waals surface area contributed by atoms with E-state index < -0.39 is 0 Å². The number of hydrogen-bond donors (Lipinski definition) is 1. The molecular weight excluding hydrogens is 114 g/mol. The van der Waals surface area contributed by atoms with E-state index in [1.807, 2.05) is 0 Å². The van der Waals surface area contributed by atoms with Crippen LogP contribution in [0.2, 0.25) is 0 Å². The lowest BCUT2D eigenvalue weighted by molar-refractivity contribution is 0.0450. The Morgan fingerprint density at radius 3 is 3.11 bits per heavy atom. The van der Waals surface area contributed by atoms with Crippen LogP contribution in [0.5, 0.6) is 0 Å².